The molecule has 2 rings (SSSR count). The minimum absolute atomic E-state index is 0.0782. The van der Waals surface area contributed by atoms with Gasteiger partial charge in [0.1, 0.15) is 0 Å². The number of hydrogen-bond donors (Lipinski definition) is 1. The molecular formula is C15H14Cl2OS. The molecule has 0 radical (unpaired) electrons. The molecule has 1 nitrogen and oxygen atoms in total. The summed E-state index contributed by atoms with van der Waals surface area (Å²) in [6.07, 6.45) is 0. The van der Waals surface area contributed by atoms with Crippen molar-refractivity contribution in [3.8, 4) is 0 Å². The zero-order chi connectivity index (χ0) is 13.7. The third-order valence-corrected chi connectivity index (χ3v) is 4.49. The minimum atomic E-state index is 0.0782. The van der Waals surface area contributed by atoms with Gasteiger partial charge in [0.2, 0.25) is 0 Å². The number of aliphatic hydroxyl groups is 1. The average Bonchev–Trinajstić information content (AvgIpc) is 2.42. The number of hydrogen-bond acceptors (Lipinski definition) is 2. The summed E-state index contributed by atoms with van der Waals surface area (Å²) in [5, 5.41) is 10.5. The average molecular weight is 313 g/mol. The fourth-order valence-electron chi connectivity index (χ4n) is 1.76. The largest absolute Gasteiger partial charge is 0.392 e. The Morgan fingerprint density at radius 2 is 1.53 bits per heavy atom. The van der Waals surface area contributed by atoms with Gasteiger partial charge >= 0.3 is 0 Å². The third kappa shape index (κ3) is 4.15. The van der Waals surface area contributed by atoms with E-state index in [0.717, 1.165) is 22.6 Å². The highest BCUT2D eigenvalue weighted by molar-refractivity contribution is 7.97. The van der Waals surface area contributed by atoms with E-state index >= 15 is 0 Å². The topological polar surface area (TPSA) is 20.2 Å². The molecule has 0 spiro atoms. The Hall–Kier alpha value is -0.670. The van der Waals surface area contributed by atoms with E-state index < -0.39 is 0 Å². The van der Waals surface area contributed by atoms with Gasteiger partial charge in [-0.05, 0) is 28.8 Å². The molecule has 0 atom stereocenters. The molecular weight excluding hydrogens is 299 g/mol. The van der Waals surface area contributed by atoms with Gasteiger partial charge in [-0.1, -0.05) is 53.5 Å². The van der Waals surface area contributed by atoms with Crippen molar-refractivity contribution in [2.45, 2.75) is 18.1 Å². The predicted octanol–water partition coefficient (Wildman–Crippen LogP) is 4.92. The lowest BCUT2D eigenvalue weighted by Crippen LogP contribution is -1.88. The molecule has 0 saturated heterocycles. The van der Waals surface area contributed by atoms with Crippen molar-refractivity contribution in [3.05, 3.63) is 69.2 Å². The lowest BCUT2D eigenvalue weighted by Gasteiger charge is -2.07. The molecule has 0 bridgehead atoms. The molecule has 0 aromatic heterocycles. The predicted molar refractivity (Wildman–Crippen MR) is 83.8 cm³/mol. The van der Waals surface area contributed by atoms with E-state index in [1.54, 1.807) is 11.8 Å². The van der Waals surface area contributed by atoms with E-state index in [1.807, 2.05) is 36.4 Å². The molecule has 0 aliphatic carbocycles. The van der Waals surface area contributed by atoms with E-state index in [9.17, 15) is 0 Å². The third-order valence-electron chi connectivity index (χ3n) is 2.75. The number of rotatable bonds is 5. The summed E-state index contributed by atoms with van der Waals surface area (Å²) in [7, 11) is 0. The Bertz CT molecular complexity index is 537. The van der Waals surface area contributed by atoms with Gasteiger partial charge in [-0.15, -0.1) is 0 Å². The number of benzene rings is 2. The Morgan fingerprint density at radius 1 is 0.895 bits per heavy atom. The first-order valence-electron chi connectivity index (χ1n) is 5.90. The van der Waals surface area contributed by atoms with Crippen LogP contribution in [-0.2, 0) is 18.1 Å². The SMILES string of the molecule is OCc1cccc(CSCc2c(Cl)cccc2Cl)c1. The van der Waals surface area contributed by atoms with Crippen molar-refractivity contribution >= 4 is 35.0 Å². The van der Waals surface area contributed by atoms with Crippen LogP contribution in [0.1, 0.15) is 16.7 Å². The van der Waals surface area contributed by atoms with Gasteiger partial charge in [-0.25, -0.2) is 0 Å². The summed E-state index contributed by atoms with van der Waals surface area (Å²) in [6.45, 7) is 0.0782. The second kappa shape index (κ2) is 7.20. The second-order valence-electron chi connectivity index (χ2n) is 4.17. The van der Waals surface area contributed by atoms with Crippen molar-refractivity contribution in [1.82, 2.24) is 0 Å². The van der Waals surface area contributed by atoms with Gasteiger partial charge in [0.05, 0.1) is 6.61 Å². The fourth-order valence-corrected chi connectivity index (χ4v) is 3.48. The van der Waals surface area contributed by atoms with Crippen LogP contribution >= 0.6 is 35.0 Å². The normalized spacial score (nSPS) is 10.7. The molecule has 0 heterocycles. The lowest BCUT2D eigenvalue weighted by molar-refractivity contribution is 0.282. The second-order valence-corrected chi connectivity index (χ2v) is 5.97. The highest BCUT2D eigenvalue weighted by Crippen LogP contribution is 2.29. The monoisotopic (exact) mass is 312 g/mol. The van der Waals surface area contributed by atoms with Crippen molar-refractivity contribution in [2.24, 2.45) is 0 Å². The molecule has 100 valence electrons. The zero-order valence-electron chi connectivity index (χ0n) is 10.3. The Kier molecular flexibility index (Phi) is 5.59. The van der Waals surface area contributed by atoms with Crippen LogP contribution in [0, 0.1) is 0 Å². The molecule has 0 aliphatic rings. The molecule has 0 unspecified atom stereocenters. The van der Waals surface area contributed by atoms with E-state index in [2.05, 4.69) is 6.07 Å². The minimum Gasteiger partial charge on any atom is -0.392 e. The molecule has 0 saturated carbocycles. The van der Waals surface area contributed by atoms with Crippen molar-refractivity contribution < 1.29 is 5.11 Å². The van der Waals surface area contributed by atoms with Gasteiger partial charge in [0, 0.05) is 21.6 Å². The molecule has 4 heteroatoms. The van der Waals surface area contributed by atoms with Crippen molar-refractivity contribution in [3.63, 3.8) is 0 Å². The molecule has 0 fully saturated rings. The van der Waals surface area contributed by atoms with Crippen LogP contribution in [-0.4, -0.2) is 5.11 Å². The summed E-state index contributed by atoms with van der Waals surface area (Å²) < 4.78 is 0. The van der Waals surface area contributed by atoms with Crippen LogP contribution in [0.5, 0.6) is 0 Å². The van der Waals surface area contributed by atoms with Crippen LogP contribution < -0.4 is 0 Å². The van der Waals surface area contributed by atoms with E-state index in [4.69, 9.17) is 28.3 Å². The first-order chi connectivity index (χ1) is 9.20. The van der Waals surface area contributed by atoms with Gasteiger partial charge in [0.25, 0.3) is 0 Å². The lowest BCUT2D eigenvalue weighted by atomic mass is 10.1. The van der Waals surface area contributed by atoms with E-state index in [-0.39, 0.29) is 6.61 Å². The number of halogens is 2. The highest BCUT2D eigenvalue weighted by Gasteiger charge is 2.05. The van der Waals surface area contributed by atoms with Gasteiger partial charge in [-0.3, -0.25) is 0 Å². The molecule has 0 amide bonds. The molecule has 2 aromatic carbocycles. The smallest absolute Gasteiger partial charge is 0.0681 e. The van der Waals surface area contributed by atoms with Crippen LogP contribution in [0.15, 0.2) is 42.5 Å². The molecule has 0 aliphatic heterocycles. The zero-order valence-corrected chi connectivity index (χ0v) is 12.6. The molecule has 19 heavy (non-hydrogen) atoms. The van der Waals surface area contributed by atoms with Crippen molar-refractivity contribution in [1.29, 1.82) is 0 Å². The fraction of sp³-hybridized carbons (Fsp3) is 0.200. The number of thioether (sulfide) groups is 1. The molecule has 2 aromatic rings. The van der Waals surface area contributed by atoms with Crippen LogP contribution in [0.4, 0.5) is 0 Å². The van der Waals surface area contributed by atoms with Gasteiger partial charge in [-0.2, -0.15) is 11.8 Å². The summed E-state index contributed by atoms with van der Waals surface area (Å²) in [4.78, 5) is 0. The number of aliphatic hydroxyl groups excluding tert-OH is 1. The maximum atomic E-state index is 9.10. The summed E-state index contributed by atoms with van der Waals surface area (Å²) in [5.74, 6) is 1.65. The summed E-state index contributed by atoms with van der Waals surface area (Å²) in [6, 6.07) is 13.5. The standard InChI is InChI=1S/C15H14Cl2OS/c16-14-5-2-6-15(17)13(14)10-19-9-12-4-1-3-11(7-12)8-18/h1-7,18H,8-10H2. The first kappa shape index (κ1) is 14.7. The van der Waals surface area contributed by atoms with Crippen LogP contribution in [0.2, 0.25) is 10.0 Å². The van der Waals surface area contributed by atoms with Crippen LogP contribution in [0.25, 0.3) is 0 Å². The van der Waals surface area contributed by atoms with Crippen molar-refractivity contribution in [2.75, 3.05) is 0 Å². The maximum Gasteiger partial charge on any atom is 0.0681 e. The maximum absolute atomic E-state index is 9.10. The van der Waals surface area contributed by atoms with E-state index in [1.165, 1.54) is 5.56 Å². The van der Waals surface area contributed by atoms with E-state index in [0.29, 0.717) is 10.0 Å². The Morgan fingerprint density at radius 3 is 2.21 bits per heavy atom. The van der Waals surface area contributed by atoms with Crippen LogP contribution in [0.3, 0.4) is 0 Å². The Labute approximate surface area is 127 Å². The van der Waals surface area contributed by atoms with Gasteiger partial charge < -0.3 is 5.11 Å². The first-order valence-corrected chi connectivity index (χ1v) is 7.81. The quantitative estimate of drug-likeness (QED) is 0.845. The Balaban J connectivity index is 1.96. The summed E-state index contributed by atoms with van der Waals surface area (Å²) >= 11 is 14.0. The highest BCUT2D eigenvalue weighted by atomic mass is 35.5. The molecule has 1 N–H and O–H groups in total. The van der Waals surface area contributed by atoms with Gasteiger partial charge in [0.15, 0.2) is 0 Å². The summed E-state index contributed by atoms with van der Waals surface area (Å²) in [5.41, 5.74) is 3.11.